The molecule has 0 spiro atoms. The molecule has 1 rings (SSSR count). The molecule has 0 N–H and O–H groups in total. The maximum atomic E-state index is 11.6. The van der Waals surface area contributed by atoms with Gasteiger partial charge in [-0.2, -0.15) is 0 Å². The minimum absolute atomic E-state index is 0.282. The lowest BCUT2D eigenvalue weighted by Crippen LogP contribution is -2.04. The Bertz CT molecular complexity index is 301. The summed E-state index contributed by atoms with van der Waals surface area (Å²) in [5.41, 5.74) is 1.06. The Balaban J connectivity index is 2.97. The molecule has 0 radical (unpaired) electrons. The van der Waals surface area contributed by atoms with Gasteiger partial charge < -0.3 is 0 Å². The van der Waals surface area contributed by atoms with Gasteiger partial charge in [-0.25, -0.2) is 9.74 Å². The fourth-order valence-corrected chi connectivity index (χ4v) is 1.51. The molecule has 0 aliphatic rings. The Morgan fingerprint density at radius 3 is 2.77 bits per heavy atom. The number of carbonyl (C=O) groups excluding carboxylic acids is 1. The molecule has 0 aliphatic carbocycles. The Kier molecular flexibility index (Phi) is 3.89. The Morgan fingerprint density at radius 1 is 1.46 bits per heavy atom. The summed E-state index contributed by atoms with van der Waals surface area (Å²) in [4.78, 5) is 14.1. The van der Waals surface area contributed by atoms with Crippen LogP contribution in [0.5, 0.6) is 0 Å². The molecule has 0 aliphatic heterocycles. The van der Waals surface area contributed by atoms with E-state index >= 15 is 0 Å². The van der Waals surface area contributed by atoms with E-state index in [1.54, 1.807) is 24.3 Å². The van der Waals surface area contributed by atoms with Crippen LogP contribution in [0.3, 0.4) is 0 Å². The minimum Gasteiger partial charge on any atom is -0.249 e. The number of carbonyl (C=O) groups is 1. The number of alkyl halides is 1. The molecule has 13 heavy (non-hydrogen) atoms. The second kappa shape index (κ2) is 4.97. The normalized spacial score (nSPS) is 9.69. The van der Waals surface area contributed by atoms with Crippen molar-refractivity contribution in [2.75, 3.05) is 5.33 Å². The molecule has 0 unspecified atom stereocenters. The van der Waals surface area contributed by atoms with Gasteiger partial charge >= 0.3 is 5.97 Å². The summed E-state index contributed by atoms with van der Waals surface area (Å²) >= 11 is 3.25. The van der Waals surface area contributed by atoms with Gasteiger partial charge in [-0.3, -0.25) is 0 Å². The summed E-state index contributed by atoms with van der Waals surface area (Å²) in [6.07, 6.45) is 0.672. The first-order chi connectivity index (χ1) is 6.29. The lowest BCUT2D eigenvalue weighted by molar-refractivity contribution is -0.0788. The van der Waals surface area contributed by atoms with Gasteiger partial charge in [0.2, 0.25) is 0 Å². The van der Waals surface area contributed by atoms with Crippen LogP contribution >= 0.6 is 15.9 Å². The van der Waals surface area contributed by atoms with E-state index in [4.69, 9.17) is 0 Å². The lowest BCUT2D eigenvalue weighted by atomic mass is 10.1. The van der Waals surface area contributed by atoms with Gasteiger partial charge in [0.05, 0.1) is 5.56 Å². The number of aryl methyl sites for hydroxylation is 1. The molecule has 0 heterocycles. The molecule has 70 valence electrons. The molecule has 0 amide bonds. The van der Waals surface area contributed by atoms with Gasteiger partial charge in [-0.1, -0.05) is 34.1 Å². The third kappa shape index (κ3) is 2.52. The summed E-state index contributed by atoms with van der Waals surface area (Å²) < 4.78 is 11.6. The molecule has 4 heteroatoms. The summed E-state index contributed by atoms with van der Waals surface area (Å²) in [6, 6.07) is 6.78. The van der Waals surface area contributed by atoms with Crippen LogP contribution in [-0.2, 0) is 11.4 Å². The Labute approximate surface area is 83.7 Å². The lowest BCUT2D eigenvalue weighted by Gasteiger charge is -2.02. The van der Waals surface area contributed by atoms with Crippen LogP contribution in [0.25, 0.3) is 0 Å². The molecular formula is C9H8BrFO2. The van der Waals surface area contributed by atoms with Crippen LogP contribution < -0.4 is 0 Å². The van der Waals surface area contributed by atoms with Crippen molar-refractivity contribution in [1.82, 2.24) is 0 Å². The fourth-order valence-electron chi connectivity index (χ4n) is 1.08. The minimum atomic E-state index is -0.934. The highest BCUT2D eigenvalue weighted by molar-refractivity contribution is 9.09. The van der Waals surface area contributed by atoms with E-state index in [9.17, 15) is 9.32 Å². The van der Waals surface area contributed by atoms with Crippen molar-refractivity contribution in [3.8, 4) is 0 Å². The zero-order valence-corrected chi connectivity index (χ0v) is 8.38. The fraction of sp³-hybridized carbons (Fsp3) is 0.222. The summed E-state index contributed by atoms with van der Waals surface area (Å²) in [7, 11) is 0. The first-order valence-corrected chi connectivity index (χ1v) is 4.88. The second-order valence-corrected chi connectivity index (χ2v) is 3.25. The Hall–Kier alpha value is -0.900. The highest BCUT2D eigenvalue weighted by Gasteiger charge is 2.11. The molecule has 1 aromatic rings. The van der Waals surface area contributed by atoms with Crippen molar-refractivity contribution in [2.45, 2.75) is 6.42 Å². The van der Waals surface area contributed by atoms with E-state index in [0.717, 1.165) is 10.9 Å². The van der Waals surface area contributed by atoms with Crippen molar-refractivity contribution in [1.29, 1.82) is 0 Å². The third-order valence-electron chi connectivity index (χ3n) is 1.67. The quantitative estimate of drug-likeness (QED) is 0.767. The highest BCUT2D eigenvalue weighted by Crippen LogP contribution is 2.12. The monoisotopic (exact) mass is 246 g/mol. The predicted octanol–water partition coefficient (Wildman–Crippen LogP) is 2.67. The van der Waals surface area contributed by atoms with Gasteiger partial charge in [0.25, 0.3) is 0 Å². The number of benzene rings is 1. The van der Waals surface area contributed by atoms with Gasteiger partial charge in [0.1, 0.15) is 0 Å². The van der Waals surface area contributed by atoms with Crippen molar-refractivity contribution in [2.24, 2.45) is 0 Å². The van der Waals surface area contributed by atoms with Gasteiger partial charge in [0.15, 0.2) is 0 Å². The zero-order valence-electron chi connectivity index (χ0n) is 6.80. The first-order valence-electron chi connectivity index (χ1n) is 3.76. The molecule has 2 nitrogen and oxygen atoms in total. The number of halogens is 2. The zero-order chi connectivity index (χ0) is 9.68. The highest BCUT2D eigenvalue weighted by atomic mass is 79.9. The molecule has 0 atom stereocenters. The van der Waals surface area contributed by atoms with Crippen molar-refractivity contribution >= 4 is 21.9 Å². The molecule has 0 fully saturated rings. The first kappa shape index (κ1) is 10.2. The van der Waals surface area contributed by atoms with Crippen molar-refractivity contribution in [3.63, 3.8) is 0 Å². The van der Waals surface area contributed by atoms with Gasteiger partial charge in [-0.05, 0) is 18.1 Å². The van der Waals surface area contributed by atoms with E-state index < -0.39 is 5.97 Å². The molecule has 0 saturated carbocycles. The maximum absolute atomic E-state index is 11.6. The van der Waals surface area contributed by atoms with Crippen LogP contribution in [0.1, 0.15) is 15.9 Å². The van der Waals surface area contributed by atoms with Crippen molar-refractivity contribution in [3.05, 3.63) is 35.4 Å². The predicted molar refractivity (Wildman–Crippen MR) is 50.5 cm³/mol. The topological polar surface area (TPSA) is 26.3 Å². The van der Waals surface area contributed by atoms with Crippen LogP contribution in [0.15, 0.2) is 24.3 Å². The van der Waals surface area contributed by atoms with E-state index in [1.165, 1.54) is 0 Å². The molecule has 0 aromatic heterocycles. The van der Waals surface area contributed by atoms with E-state index in [1.807, 2.05) is 0 Å². The molecule has 0 bridgehead atoms. The van der Waals surface area contributed by atoms with Gasteiger partial charge in [0, 0.05) is 9.86 Å². The van der Waals surface area contributed by atoms with Gasteiger partial charge in [-0.15, -0.1) is 0 Å². The average molecular weight is 247 g/mol. The number of rotatable bonds is 3. The summed E-state index contributed by atoms with van der Waals surface area (Å²) in [5, 5.41) is 0.726. The average Bonchev–Trinajstić information content (AvgIpc) is 2.18. The smallest absolute Gasteiger partial charge is 0.249 e. The van der Waals surface area contributed by atoms with Crippen LogP contribution in [0.4, 0.5) is 4.53 Å². The van der Waals surface area contributed by atoms with E-state index in [0.29, 0.717) is 6.42 Å². The number of hydrogen-bond donors (Lipinski definition) is 0. The Morgan fingerprint density at radius 2 is 2.15 bits per heavy atom. The second-order valence-electron chi connectivity index (χ2n) is 2.46. The van der Waals surface area contributed by atoms with Crippen LogP contribution in [0, 0.1) is 0 Å². The van der Waals surface area contributed by atoms with E-state index in [2.05, 4.69) is 20.9 Å². The SMILES string of the molecule is O=C(OF)c1ccccc1CCBr. The number of hydrogen-bond acceptors (Lipinski definition) is 2. The standard InChI is InChI=1S/C9H8BrFO2/c10-6-5-7-3-1-2-4-8(7)9(12)13-11/h1-4H,5-6H2. The van der Waals surface area contributed by atoms with Crippen LogP contribution in [0.2, 0.25) is 0 Å². The summed E-state index contributed by atoms with van der Waals surface area (Å²) in [6.45, 7) is 0. The molecule has 1 aromatic carbocycles. The summed E-state index contributed by atoms with van der Waals surface area (Å²) in [5.74, 6) is -0.934. The van der Waals surface area contributed by atoms with E-state index in [-0.39, 0.29) is 5.56 Å². The largest absolute Gasteiger partial charge is 0.379 e. The third-order valence-corrected chi connectivity index (χ3v) is 2.07. The van der Waals surface area contributed by atoms with Crippen molar-refractivity contribution < 1.29 is 14.3 Å². The molecular weight excluding hydrogens is 239 g/mol. The maximum Gasteiger partial charge on any atom is 0.379 e. The van der Waals surface area contributed by atoms with Crippen LogP contribution in [-0.4, -0.2) is 11.3 Å². The molecule has 0 saturated heterocycles.